The van der Waals surface area contributed by atoms with Crippen LogP contribution in [0.5, 0.6) is 0 Å². The molecule has 2 aliphatic heterocycles. The number of hydrogen-bond donors (Lipinski definition) is 2. The van der Waals surface area contributed by atoms with E-state index in [1.165, 1.54) is 0 Å². The van der Waals surface area contributed by atoms with Gasteiger partial charge in [-0.1, -0.05) is 39.5 Å². The third-order valence-electron chi connectivity index (χ3n) is 8.16. The predicted octanol–water partition coefficient (Wildman–Crippen LogP) is 2.95. The van der Waals surface area contributed by atoms with Gasteiger partial charge >= 0.3 is 0 Å². The molecule has 8 heteroatoms. The van der Waals surface area contributed by atoms with E-state index < -0.39 is 18.1 Å². The summed E-state index contributed by atoms with van der Waals surface area (Å²) < 4.78 is 0. The van der Waals surface area contributed by atoms with Crippen LogP contribution in [-0.4, -0.2) is 73.1 Å². The van der Waals surface area contributed by atoms with Crippen LogP contribution in [0.15, 0.2) is 24.3 Å². The highest BCUT2D eigenvalue weighted by atomic mass is 16.2. The fourth-order valence-corrected chi connectivity index (χ4v) is 6.19. The van der Waals surface area contributed by atoms with Gasteiger partial charge in [-0.15, -0.1) is 0 Å². The molecule has 0 spiro atoms. The largest absolute Gasteiger partial charge is 0.378 e. The number of nitrogens with zero attached hydrogens (tertiary/aromatic N) is 2. The van der Waals surface area contributed by atoms with Gasteiger partial charge < -0.3 is 20.4 Å². The van der Waals surface area contributed by atoms with Gasteiger partial charge in [0.2, 0.25) is 5.91 Å². The summed E-state index contributed by atoms with van der Waals surface area (Å²) in [5.74, 6) is -0.537. The summed E-state index contributed by atoms with van der Waals surface area (Å²) in [4.78, 5) is 57.5. The minimum absolute atomic E-state index is 0.0524. The molecule has 1 aliphatic carbocycles. The fourth-order valence-electron chi connectivity index (χ4n) is 6.19. The molecule has 202 valence electrons. The maximum atomic E-state index is 14.1. The van der Waals surface area contributed by atoms with Gasteiger partial charge in [-0.2, -0.15) is 0 Å². The highest BCUT2D eigenvalue weighted by molar-refractivity contribution is 6.02. The molecule has 4 atom stereocenters. The molecular weight excluding hydrogens is 468 g/mol. The number of carbonyl (C=O) groups is 4. The number of fused-ring (bicyclic) bond motifs is 1. The molecule has 2 N–H and O–H groups in total. The van der Waals surface area contributed by atoms with E-state index in [1.807, 2.05) is 45.0 Å². The summed E-state index contributed by atoms with van der Waals surface area (Å²) in [6.07, 6.45) is 6.93. The van der Waals surface area contributed by atoms with Gasteiger partial charge in [0.1, 0.15) is 12.1 Å². The molecule has 8 nitrogen and oxygen atoms in total. The van der Waals surface area contributed by atoms with Crippen LogP contribution >= 0.6 is 0 Å². The van der Waals surface area contributed by atoms with Gasteiger partial charge in [0.15, 0.2) is 11.6 Å². The standard InChI is InChI=1S/C29H42N4O4/c1-18(2)15-23(31-28(36)20-11-13-21(14-12-20)32(3)4)29(37)33-24(16-22-26(33)25(34)17-30-22)27(35)19-9-7-5-6-8-10-19/h11-14,18-19,22-24,26,30H,5-10,15-17H2,1-4H3,(H,31,36)/t22?,23-,24?,26?/m0/s1. The number of ketones is 2. The van der Waals surface area contributed by atoms with E-state index in [4.69, 9.17) is 0 Å². The van der Waals surface area contributed by atoms with Crippen molar-refractivity contribution in [1.82, 2.24) is 15.5 Å². The van der Waals surface area contributed by atoms with Gasteiger partial charge in [-0.3, -0.25) is 19.2 Å². The van der Waals surface area contributed by atoms with Crippen molar-refractivity contribution in [2.45, 2.75) is 89.4 Å². The molecule has 3 aliphatic rings. The summed E-state index contributed by atoms with van der Waals surface area (Å²) in [7, 11) is 3.86. The molecule has 1 aromatic rings. The maximum Gasteiger partial charge on any atom is 0.251 e. The molecular formula is C29H42N4O4. The number of Topliss-reactive ketones (excluding diaryl/α,β-unsaturated/α-hetero) is 2. The van der Waals surface area contributed by atoms with Crippen molar-refractivity contribution < 1.29 is 19.2 Å². The van der Waals surface area contributed by atoms with Gasteiger partial charge in [-0.25, -0.2) is 0 Å². The first-order valence-electron chi connectivity index (χ1n) is 13.9. The van der Waals surface area contributed by atoms with E-state index in [-0.39, 0.29) is 47.8 Å². The molecule has 37 heavy (non-hydrogen) atoms. The van der Waals surface area contributed by atoms with E-state index >= 15 is 0 Å². The smallest absolute Gasteiger partial charge is 0.251 e. The number of rotatable bonds is 8. The van der Waals surface area contributed by atoms with Gasteiger partial charge in [-0.05, 0) is 55.9 Å². The first kappa shape index (κ1) is 27.3. The predicted molar refractivity (Wildman–Crippen MR) is 144 cm³/mol. The lowest BCUT2D eigenvalue weighted by Crippen LogP contribution is -2.56. The first-order valence-corrected chi connectivity index (χ1v) is 13.9. The normalized spacial score (nSPS) is 25.1. The lowest BCUT2D eigenvalue weighted by atomic mass is 9.89. The molecule has 2 amide bonds. The Morgan fingerprint density at radius 2 is 1.70 bits per heavy atom. The maximum absolute atomic E-state index is 14.1. The van der Waals surface area contributed by atoms with Crippen LogP contribution in [0.1, 0.15) is 75.6 Å². The van der Waals surface area contributed by atoms with Crippen molar-refractivity contribution in [2.24, 2.45) is 11.8 Å². The quantitative estimate of drug-likeness (QED) is 0.522. The van der Waals surface area contributed by atoms with Crippen molar-refractivity contribution in [3.63, 3.8) is 0 Å². The van der Waals surface area contributed by atoms with Crippen LogP contribution in [0.25, 0.3) is 0 Å². The number of hydrogen-bond acceptors (Lipinski definition) is 6. The van der Waals surface area contributed by atoms with Crippen LogP contribution < -0.4 is 15.5 Å². The van der Waals surface area contributed by atoms with Crippen LogP contribution in [0.2, 0.25) is 0 Å². The Balaban J connectivity index is 1.58. The van der Waals surface area contributed by atoms with Gasteiger partial charge in [0.05, 0.1) is 12.6 Å². The van der Waals surface area contributed by atoms with Crippen molar-refractivity contribution in [3.05, 3.63) is 29.8 Å². The number of carbonyl (C=O) groups excluding carboxylic acids is 4. The molecule has 2 heterocycles. The SMILES string of the molecule is CC(C)C[C@H](NC(=O)c1ccc(N(C)C)cc1)C(=O)N1C(C(=O)C2CCCCCC2)CC2NCC(=O)C21. The number of amides is 2. The summed E-state index contributed by atoms with van der Waals surface area (Å²) in [6, 6.07) is 4.95. The Hall–Kier alpha value is -2.74. The number of benzene rings is 1. The molecule has 2 saturated heterocycles. The summed E-state index contributed by atoms with van der Waals surface area (Å²) >= 11 is 0. The summed E-state index contributed by atoms with van der Waals surface area (Å²) in [6.45, 7) is 4.21. The topological polar surface area (TPSA) is 98.8 Å². The molecule has 0 radical (unpaired) electrons. The first-order chi connectivity index (χ1) is 17.7. The summed E-state index contributed by atoms with van der Waals surface area (Å²) in [5, 5.41) is 6.17. The van der Waals surface area contributed by atoms with E-state index in [1.54, 1.807) is 17.0 Å². The molecule has 3 unspecified atom stereocenters. The Labute approximate surface area is 220 Å². The van der Waals surface area contributed by atoms with E-state index in [0.717, 1.165) is 44.2 Å². The zero-order valence-electron chi connectivity index (χ0n) is 22.7. The number of nitrogens with one attached hydrogen (secondary N) is 2. The van der Waals surface area contributed by atoms with Gasteiger partial charge in [0.25, 0.3) is 5.91 Å². The number of likely N-dealkylation sites (tertiary alicyclic amines) is 1. The molecule has 4 rings (SSSR count). The Morgan fingerprint density at radius 1 is 1.05 bits per heavy atom. The highest BCUT2D eigenvalue weighted by Crippen LogP contribution is 2.35. The Bertz CT molecular complexity index is 998. The van der Waals surface area contributed by atoms with Crippen LogP contribution in [0.3, 0.4) is 0 Å². The monoisotopic (exact) mass is 510 g/mol. The van der Waals surface area contributed by atoms with Crippen molar-refractivity contribution in [2.75, 3.05) is 25.5 Å². The third kappa shape index (κ3) is 6.06. The van der Waals surface area contributed by atoms with Crippen LogP contribution in [0.4, 0.5) is 5.69 Å². The third-order valence-corrected chi connectivity index (χ3v) is 8.16. The van der Waals surface area contributed by atoms with Crippen LogP contribution in [-0.2, 0) is 14.4 Å². The summed E-state index contributed by atoms with van der Waals surface area (Å²) in [5.41, 5.74) is 1.44. The van der Waals surface area contributed by atoms with Gasteiger partial charge in [0, 0.05) is 37.3 Å². The lowest BCUT2D eigenvalue weighted by Gasteiger charge is -2.33. The van der Waals surface area contributed by atoms with E-state index in [0.29, 0.717) is 18.4 Å². The fraction of sp³-hybridized carbons (Fsp3) is 0.655. The number of anilines is 1. The second kappa shape index (κ2) is 11.8. The lowest BCUT2D eigenvalue weighted by molar-refractivity contribution is -0.145. The van der Waals surface area contributed by atoms with Crippen molar-refractivity contribution in [1.29, 1.82) is 0 Å². The second-order valence-electron chi connectivity index (χ2n) is 11.6. The van der Waals surface area contributed by atoms with Crippen molar-refractivity contribution in [3.8, 4) is 0 Å². The Morgan fingerprint density at radius 3 is 2.30 bits per heavy atom. The minimum atomic E-state index is -0.808. The molecule has 1 saturated carbocycles. The minimum Gasteiger partial charge on any atom is -0.378 e. The van der Waals surface area contributed by atoms with Crippen LogP contribution in [0, 0.1) is 11.8 Å². The molecule has 0 bridgehead atoms. The average molecular weight is 511 g/mol. The highest BCUT2D eigenvalue weighted by Gasteiger charge is 2.54. The Kier molecular flexibility index (Phi) is 8.67. The average Bonchev–Trinajstić information content (AvgIpc) is 3.29. The molecule has 0 aromatic heterocycles. The molecule has 3 fully saturated rings. The van der Waals surface area contributed by atoms with E-state index in [9.17, 15) is 19.2 Å². The van der Waals surface area contributed by atoms with E-state index in [2.05, 4.69) is 10.6 Å². The zero-order valence-corrected chi connectivity index (χ0v) is 22.7. The molecule has 1 aromatic carbocycles. The second-order valence-corrected chi connectivity index (χ2v) is 11.6. The zero-order chi connectivity index (χ0) is 26.7. The van der Waals surface area contributed by atoms with Crippen molar-refractivity contribution >= 4 is 29.1 Å².